The Morgan fingerprint density at radius 1 is 1.11 bits per heavy atom. The Morgan fingerprint density at radius 3 is 2.63 bits per heavy atom. The lowest BCUT2D eigenvalue weighted by Gasteiger charge is -2.06. The van der Waals surface area contributed by atoms with Crippen molar-refractivity contribution in [3.05, 3.63) is 82.1 Å². The molecule has 0 aliphatic heterocycles. The molecule has 0 aliphatic rings. The number of anilines is 1. The van der Waals surface area contributed by atoms with Crippen LogP contribution in [0.4, 0.5) is 5.69 Å². The van der Waals surface area contributed by atoms with E-state index in [1.54, 1.807) is 30.3 Å². The minimum absolute atomic E-state index is 0.0415. The molecule has 0 aliphatic carbocycles. The highest BCUT2D eigenvalue weighted by Gasteiger charge is 2.12. The average molecular weight is 377 g/mol. The number of halogens is 1. The van der Waals surface area contributed by atoms with Crippen LogP contribution >= 0.6 is 11.6 Å². The topological polar surface area (TPSA) is 66.0 Å². The van der Waals surface area contributed by atoms with Crippen LogP contribution in [-0.2, 0) is 4.79 Å². The van der Waals surface area contributed by atoms with Gasteiger partial charge in [0.05, 0.1) is 0 Å². The van der Waals surface area contributed by atoms with Crippen LogP contribution in [0.5, 0.6) is 0 Å². The fourth-order valence-corrected chi connectivity index (χ4v) is 2.73. The van der Waals surface area contributed by atoms with E-state index >= 15 is 0 Å². The molecule has 0 fully saturated rings. The summed E-state index contributed by atoms with van der Waals surface area (Å²) in [7, 11) is 0. The number of furan rings is 1. The van der Waals surface area contributed by atoms with Crippen molar-refractivity contribution < 1.29 is 9.21 Å². The molecular formula is C22H17ClN2O2. The molecule has 0 saturated heterocycles. The molecule has 27 heavy (non-hydrogen) atoms. The molecule has 1 aromatic heterocycles. The normalized spacial score (nSPS) is 11.1. The summed E-state index contributed by atoms with van der Waals surface area (Å²) >= 11 is 6.00. The van der Waals surface area contributed by atoms with Gasteiger partial charge in [-0.1, -0.05) is 29.8 Å². The van der Waals surface area contributed by atoms with Gasteiger partial charge >= 0.3 is 0 Å². The van der Waals surface area contributed by atoms with Crippen LogP contribution < -0.4 is 5.32 Å². The Labute approximate surface area is 162 Å². The maximum Gasteiger partial charge on any atom is 0.266 e. The highest BCUT2D eigenvalue weighted by molar-refractivity contribution is 6.30. The molecule has 4 nitrogen and oxygen atoms in total. The van der Waals surface area contributed by atoms with E-state index < -0.39 is 5.91 Å². The van der Waals surface area contributed by atoms with E-state index in [1.165, 1.54) is 6.08 Å². The highest BCUT2D eigenvalue weighted by atomic mass is 35.5. The van der Waals surface area contributed by atoms with Gasteiger partial charge in [-0.05, 0) is 61.4 Å². The van der Waals surface area contributed by atoms with E-state index in [0.717, 1.165) is 16.7 Å². The van der Waals surface area contributed by atoms with Gasteiger partial charge < -0.3 is 9.73 Å². The number of nitrogens with one attached hydrogen (secondary N) is 1. The van der Waals surface area contributed by atoms with Gasteiger partial charge in [-0.3, -0.25) is 4.79 Å². The van der Waals surface area contributed by atoms with Gasteiger partial charge in [0.25, 0.3) is 5.91 Å². The van der Waals surface area contributed by atoms with Crippen molar-refractivity contribution in [3.8, 4) is 17.4 Å². The third kappa shape index (κ3) is 4.46. The van der Waals surface area contributed by atoms with Crippen molar-refractivity contribution in [2.75, 3.05) is 5.32 Å². The van der Waals surface area contributed by atoms with Crippen LogP contribution in [0.3, 0.4) is 0 Å². The lowest BCUT2D eigenvalue weighted by Crippen LogP contribution is -2.13. The lowest BCUT2D eigenvalue weighted by atomic mass is 10.1. The van der Waals surface area contributed by atoms with Gasteiger partial charge in [0, 0.05) is 22.3 Å². The van der Waals surface area contributed by atoms with Gasteiger partial charge in [-0.15, -0.1) is 0 Å². The smallest absolute Gasteiger partial charge is 0.266 e. The monoisotopic (exact) mass is 376 g/mol. The molecule has 1 amide bonds. The summed E-state index contributed by atoms with van der Waals surface area (Å²) in [6.07, 6.45) is 1.42. The van der Waals surface area contributed by atoms with Crippen LogP contribution in [0.2, 0.25) is 5.02 Å². The number of nitriles is 1. The van der Waals surface area contributed by atoms with E-state index in [0.29, 0.717) is 22.2 Å². The summed E-state index contributed by atoms with van der Waals surface area (Å²) in [4.78, 5) is 12.4. The first-order valence-electron chi connectivity index (χ1n) is 8.32. The predicted molar refractivity (Wildman–Crippen MR) is 107 cm³/mol. The first-order valence-corrected chi connectivity index (χ1v) is 8.70. The number of hydrogen-bond donors (Lipinski definition) is 1. The quantitative estimate of drug-likeness (QED) is 0.464. The third-order valence-corrected chi connectivity index (χ3v) is 4.39. The molecule has 1 heterocycles. The van der Waals surface area contributed by atoms with Crippen molar-refractivity contribution in [1.82, 2.24) is 0 Å². The summed E-state index contributed by atoms with van der Waals surface area (Å²) in [5.74, 6) is 0.536. The molecule has 0 bridgehead atoms. The number of amides is 1. The number of benzene rings is 2. The summed E-state index contributed by atoms with van der Waals surface area (Å²) < 4.78 is 5.73. The Hall–Kier alpha value is -3.29. The zero-order valence-electron chi connectivity index (χ0n) is 14.9. The zero-order valence-corrected chi connectivity index (χ0v) is 15.7. The minimum Gasteiger partial charge on any atom is -0.457 e. The first-order chi connectivity index (χ1) is 13.0. The van der Waals surface area contributed by atoms with E-state index in [2.05, 4.69) is 5.32 Å². The SMILES string of the molecule is Cc1ccc(NC(=O)/C(C#N)=C/c2ccc(-c3cccc(Cl)c3)o2)cc1C. The number of rotatable bonds is 4. The minimum atomic E-state index is -0.485. The van der Waals surface area contributed by atoms with Gasteiger partial charge in [0.1, 0.15) is 23.2 Å². The van der Waals surface area contributed by atoms with E-state index in [-0.39, 0.29) is 5.57 Å². The number of aryl methyl sites for hydroxylation is 2. The molecule has 134 valence electrons. The molecule has 5 heteroatoms. The third-order valence-electron chi connectivity index (χ3n) is 4.15. The van der Waals surface area contributed by atoms with Crippen molar-refractivity contribution in [3.63, 3.8) is 0 Å². The molecule has 3 rings (SSSR count). The predicted octanol–water partition coefficient (Wildman–Crippen LogP) is 5.76. The fourth-order valence-electron chi connectivity index (χ4n) is 2.54. The van der Waals surface area contributed by atoms with Crippen LogP contribution in [0.1, 0.15) is 16.9 Å². The molecule has 0 atom stereocenters. The maximum atomic E-state index is 12.4. The summed E-state index contributed by atoms with van der Waals surface area (Å²) in [5.41, 5.74) is 3.62. The largest absolute Gasteiger partial charge is 0.457 e. The first kappa shape index (κ1) is 18.5. The van der Waals surface area contributed by atoms with Crippen LogP contribution in [0, 0.1) is 25.2 Å². The summed E-state index contributed by atoms with van der Waals surface area (Å²) in [6.45, 7) is 3.96. The zero-order chi connectivity index (χ0) is 19.4. The molecule has 0 radical (unpaired) electrons. The summed E-state index contributed by atoms with van der Waals surface area (Å²) in [5, 5.41) is 12.7. The Morgan fingerprint density at radius 2 is 1.93 bits per heavy atom. The molecular weight excluding hydrogens is 360 g/mol. The Balaban J connectivity index is 1.81. The second-order valence-corrected chi connectivity index (χ2v) is 6.57. The number of hydrogen-bond acceptors (Lipinski definition) is 3. The van der Waals surface area contributed by atoms with Crippen LogP contribution in [0.25, 0.3) is 17.4 Å². The molecule has 0 saturated carbocycles. The number of carbonyl (C=O) groups excluding carboxylic acids is 1. The van der Waals surface area contributed by atoms with E-state index in [1.807, 2.05) is 44.2 Å². The number of carbonyl (C=O) groups is 1. The average Bonchev–Trinajstić information content (AvgIpc) is 3.11. The van der Waals surface area contributed by atoms with E-state index in [4.69, 9.17) is 16.0 Å². The molecule has 2 aromatic carbocycles. The Bertz CT molecular complexity index is 1070. The van der Waals surface area contributed by atoms with Crippen molar-refractivity contribution in [2.24, 2.45) is 0 Å². The van der Waals surface area contributed by atoms with Crippen LogP contribution in [0.15, 0.2) is 64.6 Å². The van der Waals surface area contributed by atoms with Gasteiger partial charge in [0.15, 0.2) is 0 Å². The summed E-state index contributed by atoms with van der Waals surface area (Å²) in [6, 6.07) is 18.3. The van der Waals surface area contributed by atoms with Crippen molar-refractivity contribution in [2.45, 2.75) is 13.8 Å². The van der Waals surface area contributed by atoms with Gasteiger partial charge in [-0.2, -0.15) is 5.26 Å². The second-order valence-electron chi connectivity index (χ2n) is 6.14. The molecule has 0 unspecified atom stereocenters. The van der Waals surface area contributed by atoms with Crippen molar-refractivity contribution in [1.29, 1.82) is 5.26 Å². The fraction of sp³-hybridized carbons (Fsp3) is 0.0909. The standard InChI is InChI=1S/C22H17ClN2O2/c1-14-6-7-19(10-15(14)2)25-22(26)17(13-24)12-20-8-9-21(27-20)16-4-3-5-18(23)11-16/h3-12H,1-2H3,(H,25,26)/b17-12+. The van der Waals surface area contributed by atoms with E-state index in [9.17, 15) is 10.1 Å². The second kappa shape index (κ2) is 7.94. The Kier molecular flexibility index (Phi) is 5.44. The number of nitrogens with zero attached hydrogens (tertiary/aromatic N) is 1. The lowest BCUT2D eigenvalue weighted by molar-refractivity contribution is -0.112. The molecule has 3 aromatic rings. The highest BCUT2D eigenvalue weighted by Crippen LogP contribution is 2.26. The van der Waals surface area contributed by atoms with Gasteiger partial charge in [0.2, 0.25) is 0 Å². The molecule has 1 N–H and O–H groups in total. The maximum absolute atomic E-state index is 12.4. The van der Waals surface area contributed by atoms with Crippen LogP contribution in [-0.4, -0.2) is 5.91 Å². The molecule has 0 spiro atoms. The van der Waals surface area contributed by atoms with Crippen molar-refractivity contribution >= 4 is 29.3 Å². The van der Waals surface area contributed by atoms with Gasteiger partial charge in [-0.25, -0.2) is 0 Å².